The molecule has 3 rings (SSSR count). The van der Waals surface area contributed by atoms with E-state index in [1.165, 1.54) is 0 Å². The van der Waals surface area contributed by atoms with E-state index in [-0.39, 0.29) is 5.91 Å². The van der Waals surface area contributed by atoms with Gasteiger partial charge in [0, 0.05) is 30.4 Å². The van der Waals surface area contributed by atoms with Crippen LogP contribution in [0.2, 0.25) is 0 Å². The minimum absolute atomic E-state index is 0.203. The van der Waals surface area contributed by atoms with Gasteiger partial charge in [0.05, 0.1) is 6.20 Å². The van der Waals surface area contributed by atoms with Crippen LogP contribution in [0.15, 0.2) is 41.1 Å². The highest BCUT2D eigenvalue weighted by Gasteiger charge is 2.21. The summed E-state index contributed by atoms with van der Waals surface area (Å²) >= 11 is 0. The Morgan fingerprint density at radius 2 is 2.00 bits per heavy atom. The normalized spacial score (nSPS) is 10.7. The molecule has 0 saturated carbocycles. The smallest absolute Gasteiger partial charge is 0.257 e. The number of nitrogens with one attached hydrogen (secondary N) is 1. The monoisotopic (exact) mass is 310 g/mol. The first kappa shape index (κ1) is 15.0. The lowest BCUT2D eigenvalue weighted by atomic mass is 10.1. The van der Waals surface area contributed by atoms with E-state index in [9.17, 15) is 4.79 Å². The number of hydrogen-bond donors (Lipinski definition) is 1. The van der Waals surface area contributed by atoms with E-state index in [2.05, 4.69) is 15.6 Å². The molecule has 1 amide bonds. The summed E-state index contributed by atoms with van der Waals surface area (Å²) in [7, 11) is 1.87. The molecule has 0 aliphatic carbocycles. The fourth-order valence-electron chi connectivity index (χ4n) is 2.41. The van der Waals surface area contributed by atoms with Gasteiger partial charge in [-0.1, -0.05) is 35.5 Å². The van der Waals surface area contributed by atoms with Gasteiger partial charge in [0.25, 0.3) is 5.91 Å². The van der Waals surface area contributed by atoms with Gasteiger partial charge in [-0.05, 0) is 13.8 Å². The molecule has 0 aliphatic heterocycles. The van der Waals surface area contributed by atoms with E-state index in [0.29, 0.717) is 23.6 Å². The number of aryl methyl sites for hydroxylation is 2. The first-order valence-electron chi connectivity index (χ1n) is 7.35. The van der Waals surface area contributed by atoms with Crippen LogP contribution < -0.4 is 5.32 Å². The zero-order valence-electron chi connectivity index (χ0n) is 13.3. The molecular weight excluding hydrogens is 292 g/mol. The van der Waals surface area contributed by atoms with Crippen molar-refractivity contribution < 1.29 is 9.32 Å². The second-order valence-corrected chi connectivity index (χ2v) is 5.39. The highest BCUT2D eigenvalue weighted by molar-refractivity contribution is 6.00. The highest BCUT2D eigenvalue weighted by Crippen LogP contribution is 2.25. The van der Waals surface area contributed by atoms with Crippen LogP contribution in [0.5, 0.6) is 0 Å². The summed E-state index contributed by atoms with van der Waals surface area (Å²) in [5, 5.41) is 11.1. The average molecular weight is 310 g/mol. The Labute approximate surface area is 134 Å². The molecule has 1 N–H and O–H groups in total. The van der Waals surface area contributed by atoms with E-state index >= 15 is 0 Å². The Hall–Kier alpha value is -2.89. The van der Waals surface area contributed by atoms with Gasteiger partial charge in [0.1, 0.15) is 17.0 Å². The summed E-state index contributed by atoms with van der Waals surface area (Å²) in [5.41, 5.74) is 3.89. The Bertz CT molecular complexity index is 834. The molecule has 0 aliphatic rings. The van der Waals surface area contributed by atoms with Crippen LogP contribution in [-0.2, 0) is 13.6 Å². The van der Waals surface area contributed by atoms with Crippen LogP contribution in [0.25, 0.3) is 11.3 Å². The van der Waals surface area contributed by atoms with Gasteiger partial charge in [0.2, 0.25) is 0 Å². The molecule has 0 unspecified atom stereocenters. The van der Waals surface area contributed by atoms with Crippen LogP contribution in [-0.4, -0.2) is 20.8 Å². The number of rotatable bonds is 4. The maximum Gasteiger partial charge on any atom is 0.257 e. The van der Waals surface area contributed by atoms with Gasteiger partial charge < -0.3 is 9.84 Å². The zero-order chi connectivity index (χ0) is 16.4. The highest BCUT2D eigenvalue weighted by atomic mass is 16.5. The van der Waals surface area contributed by atoms with Gasteiger partial charge >= 0.3 is 0 Å². The van der Waals surface area contributed by atoms with E-state index in [1.54, 1.807) is 17.8 Å². The summed E-state index contributed by atoms with van der Waals surface area (Å²) in [6.45, 7) is 4.12. The molecule has 0 fully saturated rings. The molecule has 2 aromatic heterocycles. The lowest BCUT2D eigenvalue weighted by Crippen LogP contribution is -2.24. The van der Waals surface area contributed by atoms with Crippen LogP contribution in [0, 0.1) is 13.8 Å². The van der Waals surface area contributed by atoms with E-state index in [1.807, 2.05) is 44.3 Å². The molecule has 1 aromatic carbocycles. The van der Waals surface area contributed by atoms with Gasteiger partial charge in [-0.2, -0.15) is 5.10 Å². The maximum atomic E-state index is 12.6. The Kier molecular flexibility index (Phi) is 3.97. The van der Waals surface area contributed by atoms with Gasteiger partial charge in [-0.15, -0.1) is 0 Å². The second kappa shape index (κ2) is 6.08. The predicted octanol–water partition coefficient (Wildman–Crippen LogP) is 2.62. The summed E-state index contributed by atoms with van der Waals surface area (Å²) in [4.78, 5) is 12.6. The third kappa shape index (κ3) is 2.88. The first-order chi connectivity index (χ1) is 11.1. The van der Waals surface area contributed by atoms with Gasteiger partial charge in [0.15, 0.2) is 0 Å². The maximum absolute atomic E-state index is 12.6. The molecule has 0 atom stereocenters. The fraction of sp³-hybridized carbons (Fsp3) is 0.235. The van der Waals surface area contributed by atoms with E-state index in [4.69, 9.17) is 4.52 Å². The Balaban J connectivity index is 1.83. The van der Waals surface area contributed by atoms with Crippen molar-refractivity contribution in [3.8, 4) is 11.3 Å². The quantitative estimate of drug-likeness (QED) is 0.804. The van der Waals surface area contributed by atoms with Gasteiger partial charge in [-0.3, -0.25) is 9.48 Å². The molecule has 0 bridgehead atoms. The third-order valence-corrected chi connectivity index (χ3v) is 3.91. The SMILES string of the molecule is Cc1onc(-c2ccccc2)c1C(=O)NCc1cnn(C)c1C. The molecule has 23 heavy (non-hydrogen) atoms. The van der Waals surface area contributed by atoms with Gasteiger partial charge in [-0.25, -0.2) is 0 Å². The molecule has 0 spiro atoms. The number of carbonyl (C=O) groups is 1. The molecular formula is C17H18N4O2. The summed E-state index contributed by atoms with van der Waals surface area (Å²) in [6, 6.07) is 9.53. The van der Waals surface area contributed by atoms with Crippen molar-refractivity contribution in [2.24, 2.45) is 7.05 Å². The Morgan fingerprint density at radius 3 is 2.65 bits per heavy atom. The number of hydrogen-bond acceptors (Lipinski definition) is 4. The number of aromatic nitrogens is 3. The minimum atomic E-state index is -0.203. The average Bonchev–Trinajstić information content (AvgIpc) is 3.10. The second-order valence-electron chi connectivity index (χ2n) is 5.39. The number of nitrogens with zero attached hydrogens (tertiary/aromatic N) is 3. The summed E-state index contributed by atoms with van der Waals surface area (Å²) in [6.07, 6.45) is 1.76. The summed E-state index contributed by atoms with van der Waals surface area (Å²) < 4.78 is 7.00. The van der Waals surface area contributed by atoms with Crippen molar-refractivity contribution in [2.75, 3.05) is 0 Å². The standard InChI is InChI=1S/C17H18N4O2/c1-11-14(10-19-21(11)3)9-18-17(22)15-12(2)23-20-16(15)13-7-5-4-6-8-13/h4-8,10H,9H2,1-3H3,(H,18,22). The van der Waals surface area contributed by atoms with E-state index < -0.39 is 0 Å². The zero-order valence-corrected chi connectivity index (χ0v) is 13.3. The molecule has 118 valence electrons. The predicted molar refractivity (Wildman–Crippen MR) is 85.8 cm³/mol. The van der Waals surface area contributed by atoms with Crippen molar-refractivity contribution >= 4 is 5.91 Å². The van der Waals surface area contributed by atoms with Crippen LogP contribution in [0.1, 0.15) is 27.4 Å². The largest absolute Gasteiger partial charge is 0.360 e. The number of benzene rings is 1. The number of carbonyl (C=O) groups excluding carboxylic acids is 1. The van der Waals surface area contributed by atoms with Crippen LogP contribution in [0.4, 0.5) is 0 Å². The van der Waals surface area contributed by atoms with Crippen molar-refractivity contribution in [3.05, 3.63) is 59.1 Å². The molecule has 0 saturated heterocycles. The third-order valence-electron chi connectivity index (χ3n) is 3.91. The molecule has 6 nitrogen and oxygen atoms in total. The minimum Gasteiger partial charge on any atom is -0.360 e. The Morgan fingerprint density at radius 1 is 1.26 bits per heavy atom. The topological polar surface area (TPSA) is 73.0 Å². The molecule has 3 aromatic rings. The van der Waals surface area contributed by atoms with Crippen molar-refractivity contribution in [2.45, 2.75) is 20.4 Å². The van der Waals surface area contributed by atoms with Crippen LogP contribution in [0.3, 0.4) is 0 Å². The van der Waals surface area contributed by atoms with E-state index in [0.717, 1.165) is 16.8 Å². The molecule has 2 heterocycles. The van der Waals surface area contributed by atoms with Crippen molar-refractivity contribution in [1.82, 2.24) is 20.3 Å². The lowest BCUT2D eigenvalue weighted by Gasteiger charge is -2.06. The summed E-state index contributed by atoms with van der Waals surface area (Å²) in [5.74, 6) is 0.301. The van der Waals surface area contributed by atoms with Crippen molar-refractivity contribution in [1.29, 1.82) is 0 Å². The fourth-order valence-corrected chi connectivity index (χ4v) is 2.41. The van der Waals surface area contributed by atoms with Crippen molar-refractivity contribution in [3.63, 3.8) is 0 Å². The number of amides is 1. The molecule has 6 heteroatoms. The van der Waals surface area contributed by atoms with Crippen LogP contribution >= 0.6 is 0 Å². The molecule has 0 radical (unpaired) electrons. The lowest BCUT2D eigenvalue weighted by molar-refractivity contribution is 0.0950. The first-order valence-corrected chi connectivity index (χ1v) is 7.35.